The van der Waals surface area contributed by atoms with E-state index >= 15 is 0 Å². The minimum atomic E-state index is -0.248. The van der Waals surface area contributed by atoms with E-state index in [0.717, 1.165) is 17.1 Å². The molecule has 4 nitrogen and oxygen atoms in total. The predicted molar refractivity (Wildman–Crippen MR) is 69.8 cm³/mol. The number of furan rings is 1. The minimum Gasteiger partial charge on any atom is -0.496 e. The number of esters is 1. The number of carbonyl (C=O) groups excluding carboxylic acids is 1. The number of hydrogen-bond donors (Lipinski definition) is 0. The van der Waals surface area contributed by atoms with Crippen molar-refractivity contribution in [3.05, 3.63) is 54.0 Å². The number of ether oxygens (including phenoxy) is 2. The number of carbonyl (C=O) groups is 1. The molecule has 0 spiro atoms. The molecule has 1 aromatic heterocycles. The van der Waals surface area contributed by atoms with Crippen LogP contribution >= 0.6 is 0 Å². The van der Waals surface area contributed by atoms with Crippen LogP contribution in [0.15, 0.2) is 47.1 Å². The normalized spacial score (nSPS) is 10.2. The van der Waals surface area contributed by atoms with Crippen LogP contribution in [-0.2, 0) is 22.6 Å². The van der Waals surface area contributed by atoms with Crippen molar-refractivity contribution < 1.29 is 18.7 Å². The van der Waals surface area contributed by atoms with Crippen LogP contribution in [0.4, 0.5) is 0 Å². The first-order valence-corrected chi connectivity index (χ1v) is 6.09. The fourth-order valence-corrected chi connectivity index (χ4v) is 1.73. The van der Waals surface area contributed by atoms with Crippen molar-refractivity contribution in [1.29, 1.82) is 0 Å². The van der Waals surface area contributed by atoms with Gasteiger partial charge in [0.25, 0.3) is 0 Å². The average molecular weight is 260 g/mol. The Labute approximate surface area is 111 Å². The molecule has 0 atom stereocenters. The lowest BCUT2D eigenvalue weighted by atomic mass is 10.2. The van der Waals surface area contributed by atoms with Gasteiger partial charge in [0.1, 0.15) is 18.1 Å². The van der Waals surface area contributed by atoms with E-state index < -0.39 is 0 Å². The number of rotatable bonds is 6. The summed E-state index contributed by atoms with van der Waals surface area (Å²) in [4.78, 5) is 11.6. The molecule has 0 N–H and O–H groups in total. The number of aryl methyl sites for hydroxylation is 1. The zero-order valence-electron chi connectivity index (χ0n) is 10.8. The van der Waals surface area contributed by atoms with E-state index in [-0.39, 0.29) is 12.6 Å². The van der Waals surface area contributed by atoms with Crippen molar-refractivity contribution >= 4 is 5.97 Å². The molecule has 2 aromatic rings. The van der Waals surface area contributed by atoms with Crippen molar-refractivity contribution in [2.45, 2.75) is 19.4 Å². The van der Waals surface area contributed by atoms with Gasteiger partial charge in [0.2, 0.25) is 0 Å². The Morgan fingerprint density at radius 2 is 2.05 bits per heavy atom. The number of methoxy groups -OCH3 is 1. The summed E-state index contributed by atoms with van der Waals surface area (Å²) in [6.45, 7) is 0.223. The molecule has 1 aromatic carbocycles. The maximum Gasteiger partial charge on any atom is 0.306 e. The Balaban J connectivity index is 1.80. The van der Waals surface area contributed by atoms with Crippen LogP contribution in [0.5, 0.6) is 5.75 Å². The van der Waals surface area contributed by atoms with Gasteiger partial charge in [0.15, 0.2) is 0 Å². The molecule has 4 heteroatoms. The van der Waals surface area contributed by atoms with Gasteiger partial charge >= 0.3 is 5.97 Å². The Bertz CT molecular complexity index is 517. The van der Waals surface area contributed by atoms with Gasteiger partial charge in [-0.1, -0.05) is 18.2 Å². The van der Waals surface area contributed by atoms with Crippen molar-refractivity contribution in [2.75, 3.05) is 7.11 Å². The second kappa shape index (κ2) is 6.64. The molecule has 0 aliphatic rings. The molecule has 2 rings (SSSR count). The van der Waals surface area contributed by atoms with E-state index in [9.17, 15) is 4.79 Å². The standard InChI is InChI=1S/C15H16O4/c1-17-14-7-3-2-5-12(14)11-19-15(16)9-8-13-6-4-10-18-13/h2-7,10H,8-9,11H2,1H3. The highest BCUT2D eigenvalue weighted by Crippen LogP contribution is 2.18. The Morgan fingerprint density at radius 3 is 2.79 bits per heavy atom. The lowest BCUT2D eigenvalue weighted by Crippen LogP contribution is -2.06. The van der Waals surface area contributed by atoms with Crippen molar-refractivity contribution in [3.63, 3.8) is 0 Å². The van der Waals surface area contributed by atoms with Crippen LogP contribution in [0.25, 0.3) is 0 Å². The van der Waals surface area contributed by atoms with E-state index in [1.807, 2.05) is 30.3 Å². The topological polar surface area (TPSA) is 48.7 Å². The molecule has 0 amide bonds. The monoisotopic (exact) mass is 260 g/mol. The maximum atomic E-state index is 11.6. The minimum absolute atomic E-state index is 0.223. The van der Waals surface area contributed by atoms with Gasteiger partial charge < -0.3 is 13.9 Å². The van der Waals surface area contributed by atoms with Crippen LogP contribution in [0.1, 0.15) is 17.7 Å². The molecule has 0 saturated heterocycles. The summed E-state index contributed by atoms with van der Waals surface area (Å²) in [6, 6.07) is 11.1. The number of benzene rings is 1. The van der Waals surface area contributed by atoms with Gasteiger partial charge in [0, 0.05) is 12.0 Å². The average Bonchev–Trinajstić information content (AvgIpc) is 2.96. The number of para-hydroxylation sites is 1. The molecule has 0 saturated carbocycles. The smallest absolute Gasteiger partial charge is 0.306 e. The lowest BCUT2D eigenvalue weighted by molar-refractivity contribution is -0.145. The van der Waals surface area contributed by atoms with Gasteiger partial charge in [0.05, 0.1) is 19.8 Å². The van der Waals surface area contributed by atoms with E-state index in [1.54, 1.807) is 19.4 Å². The Hall–Kier alpha value is -2.23. The second-order valence-corrected chi connectivity index (χ2v) is 4.05. The van der Waals surface area contributed by atoms with Crippen LogP contribution in [-0.4, -0.2) is 13.1 Å². The molecule has 100 valence electrons. The third kappa shape index (κ3) is 3.88. The molecular weight excluding hydrogens is 244 g/mol. The first-order valence-electron chi connectivity index (χ1n) is 6.09. The summed E-state index contributed by atoms with van der Waals surface area (Å²) >= 11 is 0. The molecule has 0 fully saturated rings. The molecular formula is C15H16O4. The summed E-state index contributed by atoms with van der Waals surface area (Å²) in [7, 11) is 1.59. The highest BCUT2D eigenvalue weighted by atomic mass is 16.5. The maximum absolute atomic E-state index is 11.6. The first kappa shape index (κ1) is 13.2. The predicted octanol–water partition coefficient (Wildman–Crippen LogP) is 2.96. The molecule has 0 bridgehead atoms. The third-order valence-electron chi connectivity index (χ3n) is 2.74. The fraction of sp³-hybridized carbons (Fsp3) is 0.267. The fourth-order valence-electron chi connectivity index (χ4n) is 1.73. The Morgan fingerprint density at radius 1 is 1.21 bits per heavy atom. The summed E-state index contributed by atoms with van der Waals surface area (Å²) in [5, 5.41) is 0. The number of hydrogen-bond acceptors (Lipinski definition) is 4. The Kier molecular flexibility index (Phi) is 4.61. The summed E-state index contributed by atoms with van der Waals surface area (Å²) in [5.41, 5.74) is 0.858. The first-order chi connectivity index (χ1) is 9.29. The summed E-state index contributed by atoms with van der Waals surface area (Å²) in [5.74, 6) is 1.26. The zero-order chi connectivity index (χ0) is 13.5. The van der Waals surface area contributed by atoms with Crippen LogP contribution in [0.3, 0.4) is 0 Å². The van der Waals surface area contributed by atoms with Gasteiger partial charge in [-0.2, -0.15) is 0 Å². The summed E-state index contributed by atoms with van der Waals surface area (Å²) in [6.07, 6.45) is 2.45. The van der Waals surface area contributed by atoms with Gasteiger partial charge in [-0.3, -0.25) is 4.79 Å². The highest BCUT2D eigenvalue weighted by Gasteiger charge is 2.08. The molecule has 0 radical (unpaired) electrons. The van der Waals surface area contributed by atoms with Crippen molar-refractivity contribution in [2.24, 2.45) is 0 Å². The molecule has 19 heavy (non-hydrogen) atoms. The van der Waals surface area contributed by atoms with Crippen LogP contribution < -0.4 is 4.74 Å². The molecule has 0 aliphatic carbocycles. The highest BCUT2D eigenvalue weighted by molar-refractivity contribution is 5.69. The SMILES string of the molecule is COc1ccccc1COC(=O)CCc1ccco1. The quantitative estimate of drug-likeness (QED) is 0.749. The van der Waals surface area contributed by atoms with Gasteiger partial charge in [-0.05, 0) is 18.2 Å². The molecule has 0 unspecified atom stereocenters. The zero-order valence-corrected chi connectivity index (χ0v) is 10.8. The largest absolute Gasteiger partial charge is 0.496 e. The molecule has 1 heterocycles. The van der Waals surface area contributed by atoms with Gasteiger partial charge in [-0.25, -0.2) is 0 Å². The van der Waals surface area contributed by atoms with E-state index in [2.05, 4.69) is 0 Å². The van der Waals surface area contributed by atoms with Gasteiger partial charge in [-0.15, -0.1) is 0 Å². The van der Waals surface area contributed by atoms with Crippen molar-refractivity contribution in [1.82, 2.24) is 0 Å². The third-order valence-corrected chi connectivity index (χ3v) is 2.74. The van der Waals surface area contributed by atoms with Crippen LogP contribution in [0, 0.1) is 0 Å². The second-order valence-electron chi connectivity index (χ2n) is 4.05. The van der Waals surface area contributed by atoms with Crippen LogP contribution in [0.2, 0.25) is 0 Å². The van der Waals surface area contributed by atoms with E-state index in [4.69, 9.17) is 13.9 Å². The van der Waals surface area contributed by atoms with E-state index in [1.165, 1.54) is 0 Å². The molecule has 0 aliphatic heterocycles. The lowest BCUT2D eigenvalue weighted by Gasteiger charge is -2.08. The van der Waals surface area contributed by atoms with Crippen molar-refractivity contribution in [3.8, 4) is 5.75 Å². The van der Waals surface area contributed by atoms with E-state index in [0.29, 0.717) is 12.8 Å². The summed E-state index contributed by atoms with van der Waals surface area (Å²) < 4.78 is 15.6.